The smallest absolute Gasteiger partial charge is 0.330 e. The van der Waals surface area contributed by atoms with Crippen molar-refractivity contribution >= 4 is 5.91 Å². The molecule has 1 aromatic carbocycles. The molecule has 8 nitrogen and oxygen atoms in total. The zero-order valence-corrected chi connectivity index (χ0v) is 15.3. The maximum Gasteiger partial charge on any atom is 0.330 e. The molecule has 1 saturated heterocycles. The highest BCUT2D eigenvalue weighted by Crippen LogP contribution is 2.27. The summed E-state index contributed by atoms with van der Waals surface area (Å²) >= 11 is 0. The van der Waals surface area contributed by atoms with Crippen LogP contribution in [0.4, 0.5) is 0 Å². The fourth-order valence-electron chi connectivity index (χ4n) is 2.95. The van der Waals surface area contributed by atoms with E-state index >= 15 is 0 Å². The van der Waals surface area contributed by atoms with Gasteiger partial charge in [0.05, 0.1) is 6.10 Å². The average molecular weight is 383 g/mol. The normalized spacial score (nSPS) is 21.0. The van der Waals surface area contributed by atoms with Gasteiger partial charge >= 0.3 is 5.69 Å². The van der Waals surface area contributed by atoms with Gasteiger partial charge in [0.1, 0.15) is 12.3 Å². The summed E-state index contributed by atoms with van der Waals surface area (Å²) in [5, 5.41) is 12.8. The fourth-order valence-corrected chi connectivity index (χ4v) is 2.95. The lowest BCUT2D eigenvalue weighted by atomic mass is 10.1. The molecular formula is C20H21N3O5. The Morgan fingerprint density at radius 2 is 2.11 bits per heavy atom. The minimum Gasteiger partial charge on any atom is -0.390 e. The van der Waals surface area contributed by atoms with Gasteiger partial charge in [-0.05, 0) is 18.6 Å². The molecule has 0 bridgehead atoms. The first-order valence-corrected chi connectivity index (χ1v) is 9.00. The van der Waals surface area contributed by atoms with Crippen LogP contribution in [-0.2, 0) is 16.0 Å². The molecule has 0 spiro atoms. The second-order valence-corrected chi connectivity index (χ2v) is 6.43. The predicted molar refractivity (Wildman–Crippen MR) is 102 cm³/mol. The average Bonchev–Trinajstić information content (AvgIpc) is 3.06. The minimum absolute atomic E-state index is 0.0543. The van der Waals surface area contributed by atoms with Crippen molar-refractivity contribution in [3.63, 3.8) is 0 Å². The molecule has 0 aliphatic carbocycles. The summed E-state index contributed by atoms with van der Waals surface area (Å²) in [4.78, 5) is 37.9. The third-order valence-electron chi connectivity index (χ3n) is 4.49. The van der Waals surface area contributed by atoms with E-state index in [1.165, 1.54) is 10.8 Å². The number of aromatic nitrogens is 2. The van der Waals surface area contributed by atoms with E-state index in [1.54, 1.807) is 19.1 Å². The molecule has 2 heterocycles. The highest BCUT2D eigenvalue weighted by molar-refractivity contribution is 5.94. The van der Waals surface area contributed by atoms with Gasteiger partial charge in [-0.3, -0.25) is 19.1 Å². The van der Waals surface area contributed by atoms with E-state index in [-0.39, 0.29) is 13.0 Å². The lowest BCUT2D eigenvalue weighted by molar-refractivity contribution is -0.116. The van der Waals surface area contributed by atoms with Crippen LogP contribution in [0.5, 0.6) is 0 Å². The summed E-state index contributed by atoms with van der Waals surface area (Å²) < 4.78 is 6.99. The highest BCUT2D eigenvalue weighted by Gasteiger charge is 2.35. The Morgan fingerprint density at radius 1 is 1.36 bits per heavy atom. The van der Waals surface area contributed by atoms with Crippen molar-refractivity contribution in [3.05, 3.63) is 68.5 Å². The van der Waals surface area contributed by atoms with Crippen LogP contribution in [0.1, 0.15) is 30.7 Å². The number of nitrogens with one attached hydrogen (secondary N) is 2. The van der Waals surface area contributed by atoms with Crippen molar-refractivity contribution in [2.75, 3.05) is 6.54 Å². The van der Waals surface area contributed by atoms with Crippen LogP contribution >= 0.6 is 0 Å². The van der Waals surface area contributed by atoms with Crippen LogP contribution in [0.3, 0.4) is 0 Å². The quantitative estimate of drug-likeness (QED) is 0.639. The third kappa shape index (κ3) is 4.57. The molecule has 1 fully saturated rings. The van der Waals surface area contributed by atoms with E-state index in [0.717, 1.165) is 5.56 Å². The Labute approximate surface area is 161 Å². The van der Waals surface area contributed by atoms with Crippen LogP contribution in [-0.4, -0.2) is 39.3 Å². The molecule has 3 rings (SSSR count). The SMILES string of the molecule is CCc1cn([C@H]2C[C@H](O)[C@@H](CNC(=O)C#Cc3ccccc3)O2)c(=O)[nH]c1=O. The number of hydrogen-bond acceptors (Lipinski definition) is 5. The molecule has 1 aliphatic heterocycles. The van der Waals surface area contributed by atoms with Crippen molar-refractivity contribution in [1.29, 1.82) is 0 Å². The molecule has 8 heteroatoms. The Hall–Kier alpha value is -3.15. The van der Waals surface area contributed by atoms with Crippen molar-refractivity contribution in [1.82, 2.24) is 14.9 Å². The van der Waals surface area contributed by atoms with Crippen molar-refractivity contribution in [2.45, 2.75) is 38.2 Å². The summed E-state index contributed by atoms with van der Waals surface area (Å²) in [5.41, 5.74) is 0.144. The molecule has 3 N–H and O–H groups in total. The number of benzene rings is 1. The number of H-pyrrole nitrogens is 1. The summed E-state index contributed by atoms with van der Waals surface area (Å²) in [5.74, 6) is 4.74. The molecule has 1 amide bonds. The van der Waals surface area contributed by atoms with Crippen LogP contribution in [0.25, 0.3) is 0 Å². The largest absolute Gasteiger partial charge is 0.390 e. The molecule has 2 aromatic rings. The standard InChI is InChI=1S/C20H21N3O5/c1-2-14-12-23(20(27)22-19(14)26)18-10-15(24)16(28-18)11-21-17(25)9-8-13-6-4-3-5-7-13/h3-7,12,15-16,18,24H,2,10-11H2,1H3,(H,21,25)(H,22,26,27)/t15-,16+,18+/m0/s1. The van der Waals surface area contributed by atoms with Gasteiger partial charge in [0.15, 0.2) is 0 Å². The number of nitrogens with zero attached hydrogens (tertiary/aromatic N) is 1. The van der Waals surface area contributed by atoms with Gasteiger partial charge in [-0.2, -0.15) is 0 Å². The number of aliphatic hydroxyl groups excluding tert-OH is 1. The summed E-state index contributed by atoms with van der Waals surface area (Å²) in [6, 6.07) is 9.10. The van der Waals surface area contributed by atoms with Crippen molar-refractivity contribution < 1.29 is 14.6 Å². The topological polar surface area (TPSA) is 113 Å². The maximum atomic E-state index is 12.1. The number of amides is 1. The Balaban J connectivity index is 1.62. The summed E-state index contributed by atoms with van der Waals surface area (Å²) in [6.45, 7) is 1.86. The second kappa shape index (κ2) is 8.69. The first-order chi connectivity index (χ1) is 13.5. The number of ether oxygens (including phenoxy) is 1. The lowest BCUT2D eigenvalue weighted by Gasteiger charge is -2.16. The van der Waals surface area contributed by atoms with Gasteiger partial charge < -0.3 is 15.2 Å². The number of carbonyl (C=O) groups is 1. The minimum atomic E-state index is -0.865. The van der Waals surface area contributed by atoms with Crippen LogP contribution in [0.15, 0.2) is 46.1 Å². The first-order valence-electron chi connectivity index (χ1n) is 9.00. The highest BCUT2D eigenvalue weighted by atomic mass is 16.5. The van der Waals surface area contributed by atoms with Gasteiger partial charge in [-0.15, -0.1) is 0 Å². The zero-order valence-electron chi connectivity index (χ0n) is 15.3. The van der Waals surface area contributed by atoms with E-state index in [9.17, 15) is 19.5 Å². The second-order valence-electron chi connectivity index (χ2n) is 6.43. The number of rotatable bonds is 4. The van der Waals surface area contributed by atoms with Gasteiger partial charge in [0, 0.05) is 36.2 Å². The van der Waals surface area contributed by atoms with Crippen LogP contribution in [0.2, 0.25) is 0 Å². The van der Waals surface area contributed by atoms with E-state index in [0.29, 0.717) is 12.0 Å². The predicted octanol–water partition coefficient (Wildman–Crippen LogP) is -0.0847. The van der Waals surface area contributed by atoms with Crippen LogP contribution in [0, 0.1) is 11.8 Å². The van der Waals surface area contributed by atoms with Crippen molar-refractivity contribution in [3.8, 4) is 11.8 Å². The fraction of sp³-hybridized carbons (Fsp3) is 0.350. The monoisotopic (exact) mass is 383 g/mol. The molecule has 0 unspecified atom stereocenters. The molecule has 0 saturated carbocycles. The summed E-state index contributed by atoms with van der Waals surface area (Å²) in [6.07, 6.45) is -0.185. The number of aryl methyl sites for hydroxylation is 1. The summed E-state index contributed by atoms with van der Waals surface area (Å²) in [7, 11) is 0. The number of carbonyl (C=O) groups excluding carboxylic acids is 1. The number of aliphatic hydroxyl groups is 1. The first kappa shape index (κ1) is 19.6. The van der Waals surface area contributed by atoms with Crippen LogP contribution < -0.4 is 16.6 Å². The van der Waals surface area contributed by atoms with Crippen molar-refractivity contribution in [2.24, 2.45) is 0 Å². The maximum absolute atomic E-state index is 12.1. The Bertz CT molecular complexity index is 1020. The number of hydrogen-bond donors (Lipinski definition) is 3. The van der Waals surface area contributed by atoms with Gasteiger partial charge in [-0.1, -0.05) is 31.0 Å². The molecule has 146 valence electrons. The van der Waals surface area contributed by atoms with Gasteiger partial charge in [-0.25, -0.2) is 4.79 Å². The number of aromatic amines is 1. The molecule has 1 aromatic heterocycles. The molecule has 0 radical (unpaired) electrons. The Morgan fingerprint density at radius 3 is 2.82 bits per heavy atom. The zero-order chi connectivity index (χ0) is 20.1. The Kier molecular flexibility index (Phi) is 6.09. The molecule has 28 heavy (non-hydrogen) atoms. The van der Waals surface area contributed by atoms with E-state index in [2.05, 4.69) is 22.1 Å². The lowest BCUT2D eigenvalue weighted by Crippen LogP contribution is -2.37. The van der Waals surface area contributed by atoms with E-state index in [4.69, 9.17) is 4.74 Å². The molecule has 1 aliphatic rings. The van der Waals surface area contributed by atoms with Gasteiger partial charge in [0.25, 0.3) is 11.5 Å². The molecule has 3 atom stereocenters. The third-order valence-corrected chi connectivity index (χ3v) is 4.49. The van der Waals surface area contributed by atoms with Gasteiger partial charge in [0.2, 0.25) is 0 Å². The van der Waals surface area contributed by atoms with E-state index in [1.807, 2.05) is 18.2 Å². The molecular weight excluding hydrogens is 362 g/mol. The van der Waals surface area contributed by atoms with E-state index < -0.39 is 35.6 Å².